The van der Waals surface area contributed by atoms with Gasteiger partial charge in [0, 0.05) is 0 Å². The van der Waals surface area contributed by atoms with Crippen molar-refractivity contribution in [1.29, 1.82) is 0 Å². The molecule has 2 heterocycles. The first kappa shape index (κ1) is 16.6. The summed E-state index contributed by atoms with van der Waals surface area (Å²) in [6.07, 6.45) is 1.80. The lowest BCUT2D eigenvalue weighted by Gasteiger charge is -2.05. The van der Waals surface area contributed by atoms with E-state index >= 15 is 0 Å². The molecule has 4 aromatic rings. The van der Waals surface area contributed by atoms with Gasteiger partial charge in [-0.1, -0.05) is 17.4 Å². The van der Waals surface area contributed by atoms with Crippen LogP contribution in [0.25, 0.3) is 22.1 Å². The molecule has 2 aromatic carbocycles. The molecule has 0 fully saturated rings. The van der Waals surface area contributed by atoms with Gasteiger partial charge in [0.1, 0.15) is 0 Å². The van der Waals surface area contributed by atoms with Crippen molar-refractivity contribution in [3.63, 3.8) is 0 Å². The number of rotatable bonds is 3. The second-order valence-corrected chi connectivity index (χ2v) is 7.24. The Kier molecular flexibility index (Phi) is 3.92. The van der Waals surface area contributed by atoms with Crippen molar-refractivity contribution in [2.24, 2.45) is 0 Å². The molecule has 0 radical (unpaired) electrons. The first-order valence-corrected chi connectivity index (χ1v) is 9.19. The molecule has 0 atom stereocenters. The average molecular weight is 366 g/mol. The summed E-state index contributed by atoms with van der Waals surface area (Å²) in [5.74, 6) is 0.496. The Bertz CT molecular complexity index is 1250. The number of aryl methyl sites for hydroxylation is 2. The van der Waals surface area contributed by atoms with Gasteiger partial charge in [-0.2, -0.15) is 0 Å². The summed E-state index contributed by atoms with van der Waals surface area (Å²) in [4.78, 5) is 18.2. The number of phenolic OH excluding ortho intramolecular Hbond substituents is 1. The Balaban J connectivity index is 1.91. The van der Waals surface area contributed by atoms with Crippen molar-refractivity contribution in [3.8, 4) is 11.5 Å². The van der Waals surface area contributed by atoms with Crippen molar-refractivity contribution in [3.05, 3.63) is 61.9 Å². The Morgan fingerprint density at radius 1 is 1.23 bits per heavy atom. The lowest BCUT2D eigenvalue weighted by atomic mass is 10.1. The highest BCUT2D eigenvalue weighted by atomic mass is 32.1. The van der Waals surface area contributed by atoms with Gasteiger partial charge in [-0.05, 0) is 67.8 Å². The first-order valence-electron chi connectivity index (χ1n) is 8.37. The van der Waals surface area contributed by atoms with E-state index < -0.39 is 0 Å². The van der Waals surface area contributed by atoms with Crippen molar-refractivity contribution < 1.29 is 9.84 Å². The van der Waals surface area contributed by atoms with E-state index in [1.165, 1.54) is 11.3 Å². The number of benzene rings is 2. The lowest BCUT2D eigenvalue weighted by molar-refractivity contribution is 0.318. The Hall–Kier alpha value is -2.86. The molecule has 1 N–H and O–H groups in total. The van der Waals surface area contributed by atoms with Crippen LogP contribution in [0, 0.1) is 13.8 Å². The molecule has 0 bridgehead atoms. The minimum Gasteiger partial charge on any atom is -0.504 e. The third-order valence-electron chi connectivity index (χ3n) is 4.44. The zero-order valence-electron chi connectivity index (χ0n) is 14.7. The summed E-state index contributed by atoms with van der Waals surface area (Å²) in [5.41, 5.74) is 4.69. The number of hydrogen-bond donors (Lipinski definition) is 1. The topological polar surface area (TPSA) is 63.8 Å². The van der Waals surface area contributed by atoms with Crippen LogP contribution in [0.2, 0.25) is 0 Å². The summed E-state index contributed by atoms with van der Waals surface area (Å²) >= 11 is 1.36. The van der Waals surface area contributed by atoms with Gasteiger partial charge in [0.2, 0.25) is 0 Å². The Labute approximate surface area is 153 Å². The molecule has 0 saturated carbocycles. The van der Waals surface area contributed by atoms with Crippen LogP contribution in [0.5, 0.6) is 11.5 Å². The van der Waals surface area contributed by atoms with Crippen molar-refractivity contribution in [2.45, 2.75) is 20.8 Å². The third kappa shape index (κ3) is 2.63. The van der Waals surface area contributed by atoms with Gasteiger partial charge in [-0.3, -0.25) is 4.79 Å². The average Bonchev–Trinajstić information content (AvgIpc) is 3.08. The highest BCUT2D eigenvalue weighted by molar-refractivity contribution is 7.15. The first-order chi connectivity index (χ1) is 12.5. The van der Waals surface area contributed by atoms with E-state index in [1.807, 2.05) is 32.9 Å². The number of aromatic hydroxyl groups is 1. The number of thiazole rings is 1. The molecule has 0 saturated heterocycles. The SMILES string of the molecule is CCOc1cc(C=c2sc3nc4cc(C)c(C)cc4n3c2=O)ccc1O. The highest BCUT2D eigenvalue weighted by Crippen LogP contribution is 2.27. The number of fused-ring (bicyclic) bond motifs is 3. The van der Waals surface area contributed by atoms with E-state index in [1.54, 1.807) is 28.7 Å². The summed E-state index contributed by atoms with van der Waals surface area (Å²) in [7, 11) is 0. The lowest BCUT2D eigenvalue weighted by Crippen LogP contribution is -2.22. The normalized spacial score (nSPS) is 12.3. The molecule has 4 rings (SSSR count). The van der Waals surface area contributed by atoms with Crippen LogP contribution >= 0.6 is 11.3 Å². The molecular formula is C20H18N2O3S. The predicted molar refractivity (Wildman–Crippen MR) is 104 cm³/mol. The molecule has 0 spiro atoms. The molecule has 0 aliphatic rings. The van der Waals surface area contributed by atoms with Gasteiger partial charge in [-0.25, -0.2) is 9.38 Å². The molecule has 6 heteroatoms. The number of hydrogen-bond acceptors (Lipinski definition) is 5. The molecular weight excluding hydrogens is 348 g/mol. The van der Waals surface area contributed by atoms with Crippen LogP contribution in [-0.4, -0.2) is 21.1 Å². The monoisotopic (exact) mass is 366 g/mol. The number of nitrogens with zero attached hydrogens (tertiary/aromatic N) is 2. The fourth-order valence-corrected chi connectivity index (χ4v) is 3.95. The van der Waals surface area contributed by atoms with Crippen LogP contribution in [0.15, 0.2) is 35.1 Å². The number of phenols is 1. The smallest absolute Gasteiger partial charge is 0.274 e. The molecule has 0 amide bonds. The van der Waals surface area contributed by atoms with Crippen LogP contribution in [0.4, 0.5) is 0 Å². The molecule has 0 unspecified atom stereocenters. The fourth-order valence-electron chi connectivity index (χ4n) is 2.96. The van der Waals surface area contributed by atoms with Gasteiger partial charge in [0.05, 0.1) is 22.2 Å². The van der Waals surface area contributed by atoms with Crippen LogP contribution < -0.4 is 14.8 Å². The number of aromatic nitrogens is 2. The van der Waals surface area contributed by atoms with E-state index in [2.05, 4.69) is 4.98 Å². The Morgan fingerprint density at radius 2 is 2.00 bits per heavy atom. The maximum atomic E-state index is 12.9. The molecule has 0 aliphatic heterocycles. The quantitative estimate of drug-likeness (QED) is 0.605. The molecule has 2 aromatic heterocycles. The van der Waals surface area contributed by atoms with Gasteiger partial charge in [-0.15, -0.1) is 0 Å². The largest absolute Gasteiger partial charge is 0.504 e. The van der Waals surface area contributed by atoms with E-state index in [0.29, 0.717) is 21.8 Å². The van der Waals surface area contributed by atoms with Gasteiger partial charge < -0.3 is 9.84 Å². The van der Waals surface area contributed by atoms with E-state index in [9.17, 15) is 9.90 Å². The van der Waals surface area contributed by atoms with Gasteiger partial charge >= 0.3 is 0 Å². The minimum atomic E-state index is -0.0817. The molecule has 5 nitrogen and oxygen atoms in total. The van der Waals surface area contributed by atoms with Crippen LogP contribution in [-0.2, 0) is 0 Å². The van der Waals surface area contributed by atoms with E-state index in [0.717, 1.165) is 27.7 Å². The molecule has 132 valence electrons. The molecule has 26 heavy (non-hydrogen) atoms. The zero-order chi connectivity index (χ0) is 18.4. The summed E-state index contributed by atoms with van der Waals surface area (Å²) < 4.78 is 7.68. The standard InChI is InChI=1S/C20H18N2O3S/c1-4-25-17-9-13(5-6-16(17)23)10-18-19(24)22-15-8-12(3)11(2)7-14(15)21-20(22)26-18/h5-10,23H,4H2,1-3H3. The fraction of sp³-hybridized carbons (Fsp3) is 0.200. The second kappa shape index (κ2) is 6.14. The maximum absolute atomic E-state index is 12.9. The van der Waals surface area contributed by atoms with Gasteiger partial charge in [0.25, 0.3) is 5.56 Å². The minimum absolute atomic E-state index is 0.0817. The highest BCUT2D eigenvalue weighted by Gasteiger charge is 2.12. The van der Waals surface area contributed by atoms with Crippen LogP contribution in [0.3, 0.4) is 0 Å². The summed E-state index contributed by atoms with van der Waals surface area (Å²) in [6, 6.07) is 9.08. The van der Waals surface area contributed by atoms with Crippen molar-refractivity contribution in [2.75, 3.05) is 6.61 Å². The molecule has 0 aliphatic carbocycles. The predicted octanol–water partition coefficient (Wildman–Crippen LogP) is 3.18. The summed E-state index contributed by atoms with van der Waals surface area (Å²) in [5, 5.41) is 9.82. The summed E-state index contributed by atoms with van der Waals surface area (Å²) in [6.45, 7) is 6.39. The van der Waals surface area contributed by atoms with Crippen molar-refractivity contribution >= 4 is 33.4 Å². The van der Waals surface area contributed by atoms with Crippen molar-refractivity contribution in [1.82, 2.24) is 9.38 Å². The van der Waals surface area contributed by atoms with Gasteiger partial charge in [0.15, 0.2) is 16.5 Å². The number of ether oxygens (including phenoxy) is 1. The number of imidazole rings is 1. The van der Waals surface area contributed by atoms with Crippen LogP contribution in [0.1, 0.15) is 23.6 Å². The second-order valence-electron chi connectivity index (χ2n) is 6.23. The third-order valence-corrected chi connectivity index (χ3v) is 5.40. The zero-order valence-corrected chi connectivity index (χ0v) is 15.6. The maximum Gasteiger partial charge on any atom is 0.274 e. The Morgan fingerprint density at radius 3 is 2.77 bits per heavy atom. The van der Waals surface area contributed by atoms with E-state index in [-0.39, 0.29) is 11.3 Å². The van der Waals surface area contributed by atoms with E-state index in [4.69, 9.17) is 4.74 Å².